The Kier molecular flexibility index (Phi) is 5.05. The van der Waals surface area contributed by atoms with Crippen LogP contribution in [-0.2, 0) is 6.54 Å². The van der Waals surface area contributed by atoms with Gasteiger partial charge >= 0.3 is 6.18 Å². The second-order valence-corrected chi connectivity index (χ2v) is 4.62. The number of hydrogen-bond acceptors (Lipinski definition) is 3. The van der Waals surface area contributed by atoms with E-state index in [1.54, 1.807) is 19.9 Å². The molecule has 6 heteroatoms. The molecule has 108 valence electrons. The fourth-order valence-electron chi connectivity index (χ4n) is 1.72. The van der Waals surface area contributed by atoms with Gasteiger partial charge in [-0.15, -0.1) is 0 Å². The zero-order valence-electron chi connectivity index (χ0n) is 11.2. The molecule has 0 unspecified atom stereocenters. The van der Waals surface area contributed by atoms with Crippen LogP contribution in [0.3, 0.4) is 0 Å². The largest absolute Gasteiger partial charge is 0.504 e. The van der Waals surface area contributed by atoms with Crippen molar-refractivity contribution in [2.24, 2.45) is 0 Å². The predicted molar refractivity (Wildman–Crippen MR) is 66.3 cm³/mol. The Morgan fingerprint density at radius 1 is 1.32 bits per heavy atom. The van der Waals surface area contributed by atoms with Crippen LogP contribution in [0.25, 0.3) is 0 Å². The number of methoxy groups -OCH3 is 1. The lowest BCUT2D eigenvalue weighted by Crippen LogP contribution is -2.38. The molecule has 1 rings (SSSR count). The fraction of sp³-hybridized carbons (Fsp3) is 0.538. The highest BCUT2D eigenvalue weighted by Crippen LogP contribution is 2.27. The van der Waals surface area contributed by atoms with E-state index in [1.807, 2.05) is 0 Å². The first-order valence-electron chi connectivity index (χ1n) is 5.89. The molecule has 0 radical (unpaired) electrons. The molecule has 0 amide bonds. The number of rotatable bonds is 5. The van der Waals surface area contributed by atoms with E-state index in [-0.39, 0.29) is 18.3 Å². The van der Waals surface area contributed by atoms with Gasteiger partial charge in [-0.05, 0) is 31.5 Å². The van der Waals surface area contributed by atoms with Crippen LogP contribution in [0.5, 0.6) is 11.5 Å². The van der Waals surface area contributed by atoms with Crippen molar-refractivity contribution < 1.29 is 23.0 Å². The number of alkyl halides is 3. The van der Waals surface area contributed by atoms with Gasteiger partial charge in [0.15, 0.2) is 11.5 Å². The number of aromatic hydroxyl groups is 1. The van der Waals surface area contributed by atoms with E-state index >= 15 is 0 Å². The maximum Gasteiger partial charge on any atom is 0.401 e. The van der Waals surface area contributed by atoms with Gasteiger partial charge in [-0.1, -0.05) is 6.07 Å². The first kappa shape index (κ1) is 15.6. The highest BCUT2D eigenvalue weighted by molar-refractivity contribution is 5.41. The Morgan fingerprint density at radius 3 is 2.37 bits per heavy atom. The number of hydrogen-bond donors (Lipinski definition) is 1. The van der Waals surface area contributed by atoms with Crippen molar-refractivity contribution >= 4 is 0 Å². The van der Waals surface area contributed by atoms with Crippen LogP contribution in [0, 0.1) is 0 Å². The molecule has 0 heterocycles. The second kappa shape index (κ2) is 6.14. The molecule has 0 fully saturated rings. The van der Waals surface area contributed by atoms with Gasteiger partial charge < -0.3 is 9.84 Å². The van der Waals surface area contributed by atoms with E-state index in [4.69, 9.17) is 4.74 Å². The van der Waals surface area contributed by atoms with Gasteiger partial charge in [0.25, 0.3) is 0 Å². The van der Waals surface area contributed by atoms with Gasteiger partial charge in [0.2, 0.25) is 0 Å². The lowest BCUT2D eigenvalue weighted by atomic mass is 10.1. The maximum atomic E-state index is 12.5. The molecule has 0 saturated heterocycles. The molecule has 0 aliphatic rings. The van der Waals surface area contributed by atoms with Crippen molar-refractivity contribution in [2.75, 3.05) is 13.7 Å². The van der Waals surface area contributed by atoms with E-state index in [0.29, 0.717) is 11.3 Å². The summed E-state index contributed by atoms with van der Waals surface area (Å²) in [6.07, 6.45) is -4.24. The van der Waals surface area contributed by atoms with Crippen LogP contribution in [0.4, 0.5) is 13.2 Å². The minimum Gasteiger partial charge on any atom is -0.504 e. The molecule has 1 N–H and O–H groups in total. The average molecular weight is 277 g/mol. The second-order valence-electron chi connectivity index (χ2n) is 4.62. The summed E-state index contributed by atoms with van der Waals surface area (Å²) >= 11 is 0. The monoisotopic (exact) mass is 277 g/mol. The van der Waals surface area contributed by atoms with E-state index in [0.717, 1.165) is 0 Å². The van der Waals surface area contributed by atoms with Gasteiger partial charge in [0.05, 0.1) is 13.7 Å². The smallest absolute Gasteiger partial charge is 0.401 e. The normalized spacial score (nSPS) is 12.2. The summed E-state index contributed by atoms with van der Waals surface area (Å²) < 4.78 is 42.3. The molecule has 1 aromatic rings. The molecule has 0 aromatic heterocycles. The summed E-state index contributed by atoms with van der Waals surface area (Å²) in [5.41, 5.74) is 0.608. The van der Waals surface area contributed by atoms with Crippen molar-refractivity contribution in [1.82, 2.24) is 4.90 Å². The third-order valence-corrected chi connectivity index (χ3v) is 2.74. The van der Waals surface area contributed by atoms with E-state index in [2.05, 4.69) is 0 Å². The molecule has 0 bridgehead atoms. The zero-order chi connectivity index (χ0) is 14.6. The first-order valence-corrected chi connectivity index (χ1v) is 5.89. The quantitative estimate of drug-likeness (QED) is 0.897. The van der Waals surface area contributed by atoms with Crippen LogP contribution < -0.4 is 4.74 Å². The summed E-state index contributed by atoms with van der Waals surface area (Å²) in [4.78, 5) is 1.29. The zero-order valence-corrected chi connectivity index (χ0v) is 11.2. The molecule has 1 aromatic carbocycles. The Morgan fingerprint density at radius 2 is 1.95 bits per heavy atom. The van der Waals surface area contributed by atoms with Crippen LogP contribution in [0.15, 0.2) is 18.2 Å². The Bertz CT molecular complexity index is 419. The maximum absolute atomic E-state index is 12.5. The van der Waals surface area contributed by atoms with Crippen molar-refractivity contribution in [3.63, 3.8) is 0 Å². The first-order chi connectivity index (χ1) is 8.73. The van der Waals surface area contributed by atoms with Crippen molar-refractivity contribution in [1.29, 1.82) is 0 Å². The van der Waals surface area contributed by atoms with Gasteiger partial charge in [-0.3, -0.25) is 4.90 Å². The van der Waals surface area contributed by atoms with Crippen molar-refractivity contribution in [2.45, 2.75) is 32.6 Å². The average Bonchev–Trinajstić information content (AvgIpc) is 2.26. The van der Waals surface area contributed by atoms with Crippen molar-refractivity contribution in [3.8, 4) is 11.5 Å². The van der Waals surface area contributed by atoms with Gasteiger partial charge in [0, 0.05) is 12.6 Å². The third-order valence-electron chi connectivity index (χ3n) is 2.74. The molecular formula is C13H18F3NO2. The fourth-order valence-corrected chi connectivity index (χ4v) is 1.72. The van der Waals surface area contributed by atoms with E-state index in [9.17, 15) is 18.3 Å². The molecule has 0 atom stereocenters. The minimum absolute atomic E-state index is 0.0734. The minimum atomic E-state index is -4.24. The third kappa shape index (κ3) is 4.98. The van der Waals surface area contributed by atoms with Gasteiger partial charge in [0.1, 0.15) is 0 Å². The number of benzene rings is 1. The topological polar surface area (TPSA) is 32.7 Å². The number of nitrogens with zero attached hydrogens (tertiary/aromatic N) is 1. The molecule has 0 saturated carbocycles. The SMILES string of the molecule is COc1ccc(CN(CC(F)(F)F)C(C)C)cc1O. The van der Waals surface area contributed by atoms with E-state index < -0.39 is 12.7 Å². The molecule has 0 aliphatic heterocycles. The summed E-state index contributed by atoms with van der Waals surface area (Å²) in [6, 6.07) is 4.36. The Balaban J connectivity index is 2.82. The summed E-state index contributed by atoms with van der Waals surface area (Å²) in [5, 5.41) is 9.61. The molecule has 19 heavy (non-hydrogen) atoms. The van der Waals surface area contributed by atoms with Crippen molar-refractivity contribution in [3.05, 3.63) is 23.8 Å². The Hall–Kier alpha value is -1.43. The molecule has 3 nitrogen and oxygen atoms in total. The van der Waals surface area contributed by atoms with Crippen LogP contribution in [-0.4, -0.2) is 35.9 Å². The lowest BCUT2D eigenvalue weighted by molar-refractivity contribution is -0.150. The number of phenolic OH excluding ortho intramolecular Hbond substituents is 1. The Labute approximate surface area is 110 Å². The number of phenols is 1. The predicted octanol–water partition coefficient (Wildman–Crippen LogP) is 3.17. The highest BCUT2D eigenvalue weighted by Gasteiger charge is 2.31. The summed E-state index contributed by atoms with van der Waals surface area (Å²) in [6.45, 7) is 2.55. The van der Waals surface area contributed by atoms with Crippen LogP contribution >= 0.6 is 0 Å². The highest BCUT2D eigenvalue weighted by atomic mass is 19.4. The van der Waals surface area contributed by atoms with Crippen LogP contribution in [0.2, 0.25) is 0 Å². The number of ether oxygens (including phenoxy) is 1. The standard InChI is InChI=1S/C13H18F3NO2/c1-9(2)17(8-13(14,15)16)7-10-4-5-12(19-3)11(18)6-10/h4-6,9,18H,7-8H2,1-3H3. The molecular weight excluding hydrogens is 259 g/mol. The summed E-state index contributed by atoms with van der Waals surface area (Å²) in [5.74, 6) is 0.228. The number of halogens is 3. The van der Waals surface area contributed by atoms with Gasteiger partial charge in [-0.25, -0.2) is 0 Å². The van der Waals surface area contributed by atoms with E-state index in [1.165, 1.54) is 24.1 Å². The van der Waals surface area contributed by atoms with Crippen LogP contribution in [0.1, 0.15) is 19.4 Å². The summed E-state index contributed by atoms with van der Waals surface area (Å²) in [7, 11) is 1.42. The molecule has 0 aliphatic carbocycles. The molecule has 0 spiro atoms. The lowest BCUT2D eigenvalue weighted by Gasteiger charge is -2.27. The van der Waals surface area contributed by atoms with Gasteiger partial charge in [-0.2, -0.15) is 13.2 Å².